The van der Waals surface area contributed by atoms with Crippen LogP contribution in [0.25, 0.3) is 0 Å². The second-order valence-electron chi connectivity index (χ2n) is 3.27. The van der Waals surface area contributed by atoms with E-state index < -0.39 is 0 Å². The van der Waals surface area contributed by atoms with E-state index in [1.807, 2.05) is 12.1 Å². The van der Waals surface area contributed by atoms with Crippen molar-refractivity contribution in [3.63, 3.8) is 0 Å². The number of amides is 2. The van der Waals surface area contributed by atoms with Gasteiger partial charge in [-0.05, 0) is 12.1 Å². The standard InChI is InChI=1S/C12H17N3O2/c1-17-11-6-4-5-10(9-11)15-12(16)14-8-3-2-7-13/h2-6,9H,7-8,13H2,1H3,(H2,14,15,16)/b3-2+. The molecule has 17 heavy (non-hydrogen) atoms. The molecule has 4 N–H and O–H groups in total. The molecule has 0 aliphatic rings. The number of anilines is 1. The van der Waals surface area contributed by atoms with Crippen molar-refractivity contribution in [1.29, 1.82) is 0 Å². The normalized spacial score (nSPS) is 10.2. The summed E-state index contributed by atoms with van der Waals surface area (Å²) in [5, 5.41) is 5.37. The fourth-order valence-electron chi connectivity index (χ4n) is 1.21. The van der Waals surface area contributed by atoms with Crippen molar-refractivity contribution in [2.45, 2.75) is 0 Å². The van der Waals surface area contributed by atoms with Gasteiger partial charge in [-0.15, -0.1) is 0 Å². The molecule has 0 saturated heterocycles. The van der Waals surface area contributed by atoms with E-state index in [4.69, 9.17) is 10.5 Å². The van der Waals surface area contributed by atoms with Gasteiger partial charge >= 0.3 is 6.03 Å². The number of nitrogens with one attached hydrogen (secondary N) is 2. The smallest absolute Gasteiger partial charge is 0.319 e. The summed E-state index contributed by atoms with van der Waals surface area (Å²) in [6.45, 7) is 0.923. The van der Waals surface area contributed by atoms with E-state index in [1.54, 1.807) is 31.4 Å². The number of hydrogen-bond acceptors (Lipinski definition) is 3. The Hall–Kier alpha value is -2.01. The number of methoxy groups -OCH3 is 1. The van der Waals surface area contributed by atoms with Crippen LogP contribution in [0.15, 0.2) is 36.4 Å². The molecular formula is C12H17N3O2. The quantitative estimate of drug-likeness (QED) is 0.674. The molecule has 1 aromatic carbocycles. The van der Waals surface area contributed by atoms with Crippen LogP contribution in [0.3, 0.4) is 0 Å². The Labute approximate surface area is 101 Å². The van der Waals surface area contributed by atoms with E-state index in [2.05, 4.69) is 10.6 Å². The summed E-state index contributed by atoms with van der Waals surface area (Å²) in [5.41, 5.74) is 5.96. The lowest BCUT2D eigenvalue weighted by Gasteiger charge is -2.07. The Bertz CT molecular complexity index is 391. The molecule has 1 aromatic rings. The van der Waals surface area contributed by atoms with Crippen LogP contribution in [-0.4, -0.2) is 26.2 Å². The molecule has 5 nitrogen and oxygen atoms in total. The molecule has 2 amide bonds. The highest BCUT2D eigenvalue weighted by atomic mass is 16.5. The number of benzene rings is 1. The van der Waals surface area contributed by atoms with Gasteiger partial charge in [0.2, 0.25) is 0 Å². The first-order valence-corrected chi connectivity index (χ1v) is 5.30. The van der Waals surface area contributed by atoms with Crippen LogP contribution in [0.1, 0.15) is 0 Å². The van der Waals surface area contributed by atoms with Crippen LogP contribution in [0.5, 0.6) is 5.75 Å². The highest BCUT2D eigenvalue weighted by Crippen LogP contribution is 2.16. The molecule has 1 rings (SSSR count). The summed E-state index contributed by atoms with van der Waals surface area (Å²) in [6, 6.07) is 6.89. The lowest BCUT2D eigenvalue weighted by molar-refractivity contribution is 0.253. The van der Waals surface area contributed by atoms with E-state index in [-0.39, 0.29) is 6.03 Å². The summed E-state index contributed by atoms with van der Waals surface area (Å²) in [6.07, 6.45) is 3.58. The van der Waals surface area contributed by atoms with Crippen LogP contribution in [0.4, 0.5) is 10.5 Å². The van der Waals surface area contributed by atoms with E-state index in [0.29, 0.717) is 24.5 Å². The zero-order valence-electron chi connectivity index (χ0n) is 9.77. The summed E-state index contributed by atoms with van der Waals surface area (Å²) >= 11 is 0. The van der Waals surface area contributed by atoms with Gasteiger partial charge in [0.1, 0.15) is 5.75 Å². The zero-order valence-corrected chi connectivity index (χ0v) is 9.77. The Morgan fingerprint density at radius 3 is 3.00 bits per heavy atom. The molecule has 0 bridgehead atoms. The minimum Gasteiger partial charge on any atom is -0.497 e. The van der Waals surface area contributed by atoms with Crippen molar-refractivity contribution >= 4 is 11.7 Å². The first-order valence-electron chi connectivity index (χ1n) is 5.30. The lowest BCUT2D eigenvalue weighted by atomic mass is 10.3. The fraction of sp³-hybridized carbons (Fsp3) is 0.250. The molecule has 5 heteroatoms. The zero-order chi connectivity index (χ0) is 12.5. The van der Waals surface area contributed by atoms with Gasteiger partial charge in [-0.25, -0.2) is 4.79 Å². The molecule has 0 aromatic heterocycles. The van der Waals surface area contributed by atoms with Crippen molar-refractivity contribution in [2.75, 3.05) is 25.5 Å². The lowest BCUT2D eigenvalue weighted by Crippen LogP contribution is -2.28. The van der Waals surface area contributed by atoms with Crippen molar-refractivity contribution in [2.24, 2.45) is 5.73 Å². The maximum Gasteiger partial charge on any atom is 0.319 e. The number of carbonyl (C=O) groups excluding carboxylic acids is 1. The molecule has 0 aliphatic heterocycles. The molecule has 0 fully saturated rings. The molecule has 0 aliphatic carbocycles. The van der Waals surface area contributed by atoms with Crippen molar-refractivity contribution in [3.8, 4) is 5.75 Å². The number of ether oxygens (including phenoxy) is 1. The minimum absolute atomic E-state index is 0.264. The number of urea groups is 1. The molecule has 0 atom stereocenters. The van der Waals surface area contributed by atoms with Gasteiger partial charge in [-0.1, -0.05) is 18.2 Å². The van der Waals surface area contributed by atoms with Gasteiger partial charge in [0.15, 0.2) is 0 Å². The summed E-state index contributed by atoms with van der Waals surface area (Å²) in [4.78, 5) is 11.4. The van der Waals surface area contributed by atoms with Crippen molar-refractivity contribution in [1.82, 2.24) is 5.32 Å². The van der Waals surface area contributed by atoms with Gasteiger partial charge in [0.05, 0.1) is 7.11 Å². The summed E-state index contributed by atoms with van der Waals surface area (Å²) in [7, 11) is 1.58. The first kappa shape index (κ1) is 13.1. The van der Waals surface area contributed by atoms with E-state index in [0.717, 1.165) is 0 Å². The average molecular weight is 235 g/mol. The fourth-order valence-corrected chi connectivity index (χ4v) is 1.21. The predicted molar refractivity (Wildman–Crippen MR) is 68.2 cm³/mol. The molecule has 0 saturated carbocycles. The topological polar surface area (TPSA) is 76.4 Å². The molecule has 0 spiro atoms. The Kier molecular flexibility index (Phi) is 5.60. The highest BCUT2D eigenvalue weighted by molar-refractivity contribution is 5.89. The molecular weight excluding hydrogens is 218 g/mol. The number of nitrogens with two attached hydrogens (primary N) is 1. The SMILES string of the molecule is COc1cccc(NC(=O)NC/C=C/CN)c1. The maximum atomic E-state index is 11.4. The first-order chi connectivity index (χ1) is 8.26. The monoisotopic (exact) mass is 235 g/mol. The van der Waals surface area contributed by atoms with Crippen LogP contribution < -0.4 is 21.1 Å². The second kappa shape index (κ2) is 7.29. The van der Waals surface area contributed by atoms with E-state index in [9.17, 15) is 4.79 Å². The van der Waals surface area contributed by atoms with Crippen LogP contribution in [0.2, 0.25) is 0 Å². The second-order valence-corrected chi connectivity index (χ2v) is 3.27. The van der Waals surface area contributed by atoms with E-state index in [1.165, 1.54) is 0 Å². The van der Waals surface area contributed by atoms with Gasteiger partial charge in [-0.3, -0.25) is 0 Å². The van der Waals surface area contributed by atoms with Crippen LogP contribution in [0, 0.1) is 0 Å². The minimum atomic E-state index is -0.264. The third-order valence-corrected chi connectivity index (χ3v) is 2.01. The maximum absolute atomic E-state index is 11.4. The predicted octanol–water partition coefficient (Wildman–Crippen LogP) is 1.33. The van der Waals surface area contributed by atoms with Gasteiger partial charge in [-0.2, -0.15) is 0 Å². The van der Waals surface area contributed by atoms with E-state index >= 15 is 0 Å². The Morgan fingerprint density at radius 1 is 1.47 bits per heavy atom. The Balaban J connectivity index is 2.42. The van der Waals surface area contributed by atoms with Crippen molar-refractivity contribution < 1.29 is 9.53 Å². The largest absolute Gasteiger partial charge is 0.497 e. The molecule has 92 valence electrons. The van der Waals surface area contributed by atoms with Gasteiger partial charge < -0.3 is 21.1 Å². The van der Waals surface area contributed by atoms with Crippen molar-refractivity contribution in [3.05, 3.63) is 36.4 Å². The number of rotatable bonds is 5. The van der Waals surface area contributed by atoms with Crippen LogP contribution >= 0.6 is 0 Å². The third-order valence-electron chi connectivity index (χ3n) is 2.01. The Morgan fingerprint density at radius 2 is 2.29 bits per heavy atom. The average Bonchev–Trinajstić information content (AvgIpc) is 2.35. The molecule has 0 radical (unpaired) electrons. The van der Waals surface area contributed by atoms with Gasteiger partial charge in [0, 0.05) is 24.8 Å². The molecule has 0 unspecified atom stereocenters. The third kappa shape index (κ3) is 5.03. The summed E-state index contributed by atoms with van der Waals surface area (Å²) < 4.78 is 5.05. The highest BCUT2D eigenvalue weighted by Gasteiger charge is 2.00. The number of hydrogen-bond donors (Lipinski definition) is 3. The summed E-state index contributed by atoms with van der Waals surface area (Å²) in [5.74, 6) is 0.700. The van der Waals surface area contributed by atoms with Gasteiger partial charge in [0.25, 0.3) is 0 Å². The van der Waals surface area contributed by atoms with Crippen LogP contribution in [-0.2, 0) is 0 Å². The number of carbonyl (C=O) groups is 1. The molecule has 0 heterocycles.